The van der Waals surface area contributed by atoms with Gasteiger partial charge in [0.2, 0.25) is 11.8 Å². The second-order valence-corrected chi connectivity index (χ2v) is 11.9. The predicted octanol–water partition coefficient (Wildman–Crippen LogP) is 4.68. The van der Waals surface area contributed by atoms with Crippen LogP contribution in [0.1, 0.15) is 18.1 Å². The summed E-state index contributed by atoms with van der Waals surface area (Å²) < 4.78 is 39.9. The number of carbonyl (C=O) groups excluding carboxylic acids is 2. The van der Waals surface area contributed by atoms with E-state index in [4.69, 9.17) is 9.47 Å². The number of methoxy groups -OCH3 is 2. The van der Waals surface area contributed by atoms with Crippen LogP contribution in [0.25, 0.3) is 0 Å². The monoisotopic (exact) mass is 615 g/mol. The van der Waals surface area contributed by atoms with Gasteiger partial charge >= 0.3 is 0 Å². The summed E-state index contributed by atoms with van der Waals surface area (Å²) >= 11 is 0. The molecule has 0 aliphatic heterocycles. The first kappa shape index (κ1) is 32.1. The predicted molar refractivity (Wildman–Crippen MR) is 170 cm³/mol. The molecular formula is C34H37N3O6S. The van der Waals surface area contributed by atoms with Crippen molar-refractivity contribution in [3.8, 4) is 11.5 Å². The Hall–Kier alpha value is -4.83. The largest absolute Gasteiger partial charge is 0.497 e. The Balaban J connectivity index is 1.81. The summed E-state index contributed by atoms with van der Waals surface area (Å²) in [4.78, 5) is 29.5. The summed E-state index contributed by atoms with van der Waals surface area (Å²) in [7, 11) is -1.16. The molecule has 1 N–H and O–H groups in total. The summed E-state index contributed by atoms with van der Waals surface area (Å²) in [5.74, 6) is 0.131. The Labute approximate surface area is 259 Å². The molecule has 2 amide bonds. The minimum atomic E-state index is -4.20. The van der Waals surface area contributed by atoms with Gasteiger partial charge in [0.15, 0.2) is 0 Å². The number of benzene rings is 4. The Kier molecular flexibility index (Phi) is 11.0. The summed E-state index contributed by atoms with van der Waals surface area (Å²) in [6.07, 6.45) is 0.229. The zero-order chi connectivity index (χ0) is 31.5. The van der Waals surface area contributed by atoms with E-state index < -0.39 is 28.5 Å². The molecule has 4 aromatic carbocycles. The van der Waals surface area contributed by atoms with Crippen LogP contribution < -0.4 is 19.1 Å². The fraction of sp³-hybridized carbons (Fsp3) is 0.235. The Morgan fingerprint density at radius 3 is 2.00 bits per heavy atom. The van der Waals surface area contributed by atoms with Gasteiger partial charge in [0, 0.05) is 25.6 Å². The van der Waals surface area contributed by atoms with Gasteiger partial charge in [-0.05, 0) is 54.4 Å². The molecule has 0 saturated carbocycles. The second kappa shape index (κ2) is 15.1. The third kappa shape index (κ3) is 7.96. The van der Waals surface area contributed by atoms with Crippen LogP contribution >= 0.6 is 0 Å². The number of ether oxygens (including phenoxy) is 2. The van der Waals surface area contributed by atoms with E-state index >= 15 is 0 Å². The van der Waals surface area contributed by atoms with E-state index in [0.29, 0.717) is 18.0 Å². The number of hydrogen-bond acceptors (Lipinski definition) is 6. The number of hydrogen-bond donors (Lipinski definition) is 1. The van der Waals surface area contributed by atoms with Gasteiger partial charge in [-0.25, -0.2) is 8.42 Å². The van der Waals surface area contributed by atoms with Crippen molar-refractivity contribution in [2.45, 2.75) is 30.8 Å². The maximum absolute atomic E-state index is 14.4. The van der Waals surface area contributed by atoms with Crippen molar-refractivity contribution in [2.75, 3.05) is 31.6 Å². The van der Waals surface area contributed by atoms with Crippen LogP contribution in [0.3, 0.4) is 0 Å². The van der Waals surface area contributed by atoms with Crippen molar-refractivity contribution in [3.05, 3.63) is 120 Å². The van der Waals surface area contributed by atoms with Gasteiger partial charge in [0.05, 0.1) is 24.8 Å². The highest BCUT2D eigenvalue weighted by molar-refractivity contribution is 7.92. The van der Waals surface area contributed by atoms with E-state index in [-0.39, 0.29) is 29.5 Å². The van der Waals surface area contributed by atoms with Crippen molar-refractivity contribution in [1.82, 2.24) is 10.2 Å². The number of nitrogens with zero attached hydrogens (tertiary/aromatic N) is 2. The number of rotatable bonds is 14. The number of sulfonamides is 1. The van der Waals surface area contributed by atoms with Crippen LogP contribution in [0.4, 0.5) is 5.69 Å². The molecule has 0 aliphatic rings. The van der Waals surface area contributed by atoms with Crippen molar-refractivity contribution >= 4 is 27.5 Å². The smallest absolute Gasteiger partial charge is 0.264 e. The zero-order valence-electron chi connectivity index (χ0n) is 25.1. The van der Waals surface area contributed by atoms with Crippen LogP contribution in [0.2, 0.25) is 0 Å². The van der Waals surface area contributed by atoms with Crippen LogP contribution in [-0.2, 0) is 32.6 Å². The van der Waals surface area contributed by atoms with E-state index in [0.717, 1.165) is 15.4 Å². The molecule has 1 atom stereocenters. The average molecular weight is 616 g/mol. The average Bonchev–Trinajstić information content (AvgIpc) is 3.06. The van der Waals surface area contributed by atoms with Crippen molar-refractivity contribution in [3.63, 3.8) is 0 Å². The number of anilines is 1. The lowest BCUT2D eigenvalue weighted by atomic mass is 10.0. The van der Waals surface area contributed by atoms with Gasteiger partial charge in [-0.2, -0.15) is 0 Å². The lowest BCUT2D eigenvalue weighted by molar-refractivity contribution is -0.140. The first-order chi connectivity index (χ1) is 21.3. The molecule has 0 radical (unpaired) electrons. The van der Waals surface area contributed by atoms with E-state index in [2.05, 4.69) is 5.32 Å². The normalized spacial score (nSPS) is 11.7. The third-order valence-corrected chi connectivity index (χ3v) is 8.85. The lowest BCUT2D eigenvalue weighted by Crippen LogP contribution is -2.53. The molecule has 0 spiro atoms. The second-order valence-electron chi connectivity index (χ2n) is 10.00. The molecule has 0 bridgehead atoms. The molecular weight excluding hydrogens is 578 g/mol. The zero-order valence-corrected chi connectivity index (χ0v) is 25.9. The molecule has 0 fully saturated rings. The summed E-state index contributed by atoms with van der Waals surface area (Å²) in [6.45, 7) is 1.66. The molecule has 0 heterocycles. The molecule has 4 rings (SSSR count). The molecule has 230 valence electrons. The molecule has 0 aliphatic carbocycles. The van der Waals surface area contributed by atoms with Gasteiger partial charge in [-0.1, -0.05) is 66.7 Å². The highest BCUT2D eigenvalue weighted by Crippen LogP contribution is 2.28. The van der Waals surface area contributed by atoms with Gasteiger partial charge in [0.1, 0.15) is 24.1 Å². The molecule has 0 saturated heterocycles. The minimum absolute atomic E-state index is 0.0273. The Morgan fingerprint density at radius 1 is 0.773 bits per heavy atom. The van der Waals surface area contributed by atoms with Crippen molar-refractivity contribution < 1.29 is 27.5 Å². The molecule has 4 aromatic rings. The standard InChI is InChI=1S/C34H37N3O6S/c1-4-35-34(39)32(22-26-13-7-5-8-14-26)36(24-27-15-11-17-29(21-27)42-2)33(38)25-37(28-16-12-18-30(23-28)43-3)44(40,41)31-19-9-6-10-20-31/h5-21,23,32H,4,22,24-25H2,1-3H3,(H,35,39)/t32-/m1/s1. The maximum atomic E-state index is 14.4. The van der Waals surface area contributed by atoms with E-state index in [1.165, 1.54) is 24.1 Å². The van der Waals surface area contributed by atoms with Crippen LogP contribution in [0.15, 0.2) is 114 Å². The number of likely N-dealkylation sites (N-methyl/N-ethyl adjacent to an activating group) is 1. The summed E-state index contributed by atoms with van der Waals surface area (Å²) in [5, 5.41) is 2.86. The van der Waals surface area contributed by atoms with E-state index in [1.807, 2.05) is 43.3 Å². The molecule has 9 nitrogen and oxygen atoms in total. The summed E-state index contributed by atoms with van der Waals surface area (Å²) in [6, 6.07) is 30.1. The Morgan fingerprint density at radius 2 is 1.36 bits per heavy atom. The SMILES string of the molecule is CCNC(=O)[C@@H](Cc1ccccc1)N(Cc1cccc(OC)c1)C(=O)CN(c1cccc(OC)c1)S(=O)(=O)c1ccccc1. The van der Waals surface area contributed by atoms with Gasteiger partial charge in [0.25, 0.3) is 10.0 Å². The number of carbonyl (C=O) groups is 2. The summed E-state index contributed by atoms with van der Waals surface area (Å²) in [5.41, 5.74) is 1.83. The van der Waals surface area contributed by atoms with Gasteiger partial charge < -0.3 is 19.7 Å². The van der Waals surface area contributed by atoms with Crippen molar-refractivity contribution in [2.24, 2.45) is 0 Å². The first-order valence-electron chi connectivity index (χ1n) is 14.2. The van der Waals surface area contributed by atoms with Gasteiger partial charge in [-0.3, -0.25) is 13.9 Å². The molecule has 0 aromatic heterocycles. The van der Waals surface area contributed by atoms with Crippen LogP contribution in [0.5, 0.6) is 11.5 Å². The minimum Gasteiger partial charge on any atom is -0.497 e. The Bertz CT molecular complexity index is 1650. The third-order valence-electron chi connectivity index (χ3n) is 7.06. The molecule has 44 heavy (non-hydrogen) atoms. The highest BCUT2D eigenvalue weighted by atomic mass is 32.2. The fourth-order valence-electron chi connectivity index (χ4n) is 4.83. The highest BCUT2D eigenvalue weighted by Gasteiger charge is 2.34. The van der Waals surface area contributed by atoms with E-state index in [1.54, 1.807) is 67.8 Å². The number of amides is 2. The van der Waals surface area contributed by atoms with Crippen molar-refractivity contribution in [1.29, 1.82) is 0 Å². The number of nitrogens with one attached hydrogen (secondary N) is 1. The fourth-order valence-corrected chi connectivity index (χ4v) is 6.25. The van der Waals surface area contributed by atoms with E-state index in [9.17, 15) is 18.0 Å². The maximum Gasteiger partial charge on any atom is 0.264 e. The van der Waals surface area contributed by atoms with Crippen LogP contribution in [0, 0.1) is 0 Å². The molecule has 10 heteroatoms. The lowest BCUT2D eigenvalue weighted by Gasteiger charge is -2.34. The quantitative estimate of drug-likeness (QED) is 0.221. The van der Waals surface area contributed by atoms with Crippen LogP contribution in [-0.4, -0.2) is 58.5 Å². The topological polar surface area (TPSA) is 105 Å². The first-order valence-corrected chi connectivity index (χ1v) is 15.7. The van der Waals surface area contributed by atoms with Gasteiger partial charge in [-0.15, -0.1) is 0 Å². The molecule has 0 unspecified atom stereocenters.